The van der Waals surface area contributed by atoms with Crippen molar-refractivity contribution in [3.05, 3.63) is 51.2 Å². The van der Waals surface area contributed by atoms with Crippen molar-refractivity contribution in [1.82, 2.24) is 14.8 Å². The molecule has 0 unspecified atom stereocenters. The van der Waals surface area contributed by atoms with Crippen LogP contribution in [0.3, 0.4) is 0 Å². The summed E-state index contributed by atoms with van der Waals surface area (Å²) in [5, 5.41) is 0. The highest BCUT2D eigenvalue weighted by molar-refractivity contribution is 7.16. The van der Waals surface area contributed by atoms with E-state index in [0.29, 0.717) is 10.4 Å². The molecule has 0 aliphatic carbocycles. The smallest absolute Gasteiger partial charge is 0.263 e. The number of likely N-dealkylation sites (tertiary alicyclic amines) is 1. The summed E-state index contributed by atoms with van der Waals surface area (Å²) in [6, 6.07) is 9.62. The number of rotatable bonds is 3. The molecule has 4 rings (SSSR count). The van der Waals surface area contributed by atoms with Gasteiger partial charge in [0.2, 0.25) is 0 Å². The number of benzene rings is 1. The van der Waals surface area contributed by atoms with E-state index in [4.69, 9.17) is 0 Å². The second-order valence-electron chi connectivity index (χ2n) is 6.59. The molecule has 134 valence electrons. The van der Waals surface area contributed by atoms with Crippen LogP contribution >= 0.6 is 22.7 Å². The predicted octanol–water partition coefficient (Wildman–Crippen LogP) is 4.04. The molecule has 0 saturated carbocycles. The number of hydrogen-bond acceptors (Lipinski definition) is 5. The number of fused-ring (bicyclic) bond motifs is 1. The number of nitrogens with zero attached hydrogens (tertiary/aromatic N) is 3. The third-order valence-corrected chi connectivity index (χ3v) is 6.65. The second-order valence-corrected chi connectivity index (χ2v) is 8.59. The molecule has 0 radical (unpaired) electrons. The Labute approximate surface area is 159 Å². The van der Waals surface area contributed by atoms with E-state index in [2.05, 4.69) is 4.98 Å². The van der Waals surface area contributed by atoms with Crippen molar-refractivity contribution in [2.75, 3.05) is 20.6 Å². The first kappa shape index (κ1) is 17.2. The molecule has 1 fully saturated rings. The highest BCUT2D eigenvalue weighted by Crippen LogP contribution is 2.37. The van der Waals surface area contributed by atoms with E-state index in [0.717, 1.165) is 34.5 Å². The molecule has 3 aromatic rings. The molecule has 0 spiro atoms. The van der Waals surface area contributed by atoms with Crippen molar-refractivity contribution in [2.45, 2.75) is 18.9 Å². The Balaban J connectivity index is 1.60. The van der Waals surface area contributed by atoms with Crippen molar-refractivity contribution in [1.29, 1.82) is 0 Å². The van der Waals surface area contributed by atoms with Gasteiger partial charge in [-0.1, -0.05) is 0 Å². The van der Waals surface area contributed by atoms with Crippen LogP contribution in [0, 0.1) is 0 Å². The molecule has 7 heteroatoms. The summed E-state index contributed by atoms with van der Waals surface area (Å²) in [6.45, 7) is 0.744. The lowest BCUT2D eigenvalue weighted by molar-refractivity contribution is 0.0737. The van der Waals surface area contributed by atoms with Crippen LogP contribution in [-0.4, -0.2) is 47.2 Å². The van der Waals surface area contributed by atoms with Crippen LogP contribution in [0.1, 0.15) is 43.8 Å². The summed E-state index contributed by atoms with van der Waals surface area (Å²) < 4.78 is 1.09. The van der Waals surface area contributed by atoms with E-state index in [9.17, 15) is 9.59 Å². The molecule has 2 amide bonds. The molecule has 0 bridgehead atoms. The first-order chi connectivity index (χ1) is 12.5. The van der Waals surface area contributed by atoms with Gasteiger partial charge >= 0.3 is 0 Å². The number of hydrogen-bond donors (Lipinski definition) is 0. The van der Waals surface area contributed by atoms with E-state index in [1.807, 2.05) is 35.2 Å². The molecule has 26 heavy (non-hydrogen) atoms. The van der Waals surface area contributed by atoms with Crippen molar-refractivity contribution >= 4 is 44.7 Å². The summed E-state index contributed by atoms with van der Waals surface area (Å²) in [7, 11) is 3.50. The number of thiophene rings is 1. The maximum absolute atomic E-state index is 13.1. The van der Waals surface area contributed by atoms with E-state index in [1.54, 1.807) is 35.8 Å². The zero-order valence-corrected chi connectivity index (χ0v) is 16.3. The summed E-state index contributed by atoms with van der Waals surface area (Å²) >= 11 is 3.07. The SMILES string of the molecule is CN(C)C(=O)c1ccc([C@H]2CCCN2C(=O)c2ccc3scnc3c2)s1. The van der Waals surface area contributed by atoms with E-state index in [-0.39, 0.29) is 17.9 Å². The maximum atomic E-state index is 13.1. The third kappa shape index (κ3) is 3.01. The van der Waals surface area contributed by atoms with Crippen LogP contribution in [0.2, 0.25) is 0 Å². The highest BCUT2D eigenvalue weighted by Gasteiger charge is 2.32. The summed E-state index contributed by atoms with van der Waals surface area (Å²) in [4.78, 5) is 34.9. The zero-order chi connectivity index (χ0) is 18.3. The van der Waals surface area contributed by atoms with Gasteiger partial charge in [0, 0.05) is 31.1 Å². The summed E-state index contributed by atoms with van der Waals surface area (Å²) in [5.74, 6) is 0.0439. The molecular weight excluding hydrogens is 366 g/mol. The number of carbonyl (C=O) groups is 2. The molecule has 1 aromatic carbocycles. The third-order valence-electron chi connectivity index (χ3n) is 4.66. The number of aromatic nitrogens is 1. The number of carbonyl (C=O) groups excluding carboxylic acids is 2. The van der Waals surface area contributed by atoms with Crippen LogP contribution < -0.4 is 0 Å². The first-order valence-corrected chi connectivity index (χ1v) is 10.2. The minimum atomic E-state index is 0.00565. The topological polar surface area (TPSA) is 53.5 Å². The molecule has 2 aromatic heterocycles. The van der Waals surface area contributed by atoms with Crippen LogP contribution in [0.4, 0.5) is 0 Å². The van der Waals surface area contributed by atoms with Gasteiger partial charge in [0.1, 0.15) is 0 Å². The lowest BCUT2D eigenvalue weighted by Gasteiger charge is -2.24. The lowest BCUT2D eigenvalue weighted by Crippen LogP contribution is -2.30. The van der Waals surface area contributed by atoms with Gasteiger partial charge < -0.3 is 9.80 Å². The molecule has 5 nitrogen and oxygen atoms in total. The van der Waals surface area contributed by atoms with Gasteiger partial charge in [-0.3, -0.25) is 9.59 Å². The number of thiazole rings is 1. The van der Waals surface area contributed by atoms with Crippen LogP contribution in [0.5, 0.6) is 0 Å². The largest absolute Gasteiger partial charge is 0.344 e. The fourth-order valence-electron chi connectivity index (χ4n) is 3.33. The monoisotopic (exact) mass is 385 g/mol. The van der Waals surface area contributed by atoms with Crippen molar-refractivity contribution in [2.24, 2.45) is 0 Å². The van der Waals surface area contributed by atoms with Crippen molar-refractivity contribution < 1.29 is 9.59 Å². The molecule has 1 saturated heterocycles. The van der Waals surface area contributed by atoms with Crippen molar-refractivity contribution in [3.63, 3.8) is 0 Å². The fourth-order valence-corrected chi connectivity index (χ4v) is 5.17. The Morgan fingerprint density at radius 2 is 2.08 bits per heavy atom. The molecular formula is C19H19N3O2S2. The Bertz CT molecular complexity index is 976. The predicted molar refractivity (Wildman–Crippen MR) is 105 cm³/mol. The zero-order valence-electron chi connectivity index (χ0n) is 14.6. The van der Waals surface area contributed by atoms with Crippen LogP contribution in [0.25, 0.3) is 10.2 Å². The van der Waals surface area contributed by atoms with E-state index in [1.165, 1.54) is 11.3 Å². The lowest BCUT2D eigenvalue weighted by atomic mass is 10.1. The van der Waals surface area contributed by atoms with E-state index < -0.39 is 0 Å². The minimum Gasteiger partial charge on any atom is -0.344 e. The van der Waals surface area contributed by atoms with Crippen molar-refractivity contribution in [3.8, 4) is 0 Å². The molecule has 1 aliphatic heterocycles. The average molecular weight is 386 g/mol. The van der Waals surface area contributed by atoms with Gasteiger partial charge in [-0.05, 0) is 43.2 Å². The summed E-state index contributed by atoms with van der Waals surface area (Å²) in [5.41, 5.74) is 3.34. The van der Waals surface area contributed by atoms with Gasteiger partial charge in [0.25, 0.3) is 11.8 Å². The first-order valence-electron chi connectivity index (χ1n) is 8.50. The van der Waals surface area contributed by atoms with Crippen LogP contribution in [-0.2, 0) is 0 Å². The van der Waals surface area contributed by atoms with Gasteiger partial charge in [-0.2, -0.15) is 0 Å². The molecule has 0 N–H and O–H groups in total. The Morgan fingerprint density at radius 1 is 1.23 bits per heavy atom. The normalized spacial score (nSPS) is 17.0. The van der Waals surface area contributed by atoms with Crippen LogP contribution in [0.15, 0.2) is 35.8 Å². The fraction of sp³-hybridized carbons (Fsp3) is 0.316. The molecule has 3 heterocycles. The maximum Gasteiger partial charge on any atom is 0.263 e. The summed E-state index contributed by atoms with van der Waals surface area (Å²) in [6.07, 6.45) is 1.91. The Morgan fingerprint density at radius 3 is 2.88 bits per heavy atom. The Hall–Kier alpha value is -2.25. The van der Waals surface area contributed by atoms with Gasteiger partial charge in [-0.25, -0.2) is 4.98 Å². The Kier molecular flexibility index (Phi) is 4.50. The number of amides is 2. The van der Waals surface area contributed by atoms with Gasteiger partial charge in [0.15, 0.2) is 0 Å². The molecule has 1 atom stereocenters. The minimum absolute atomic E-state index is 0.00565. The van der Waals surface area contributed by atoms with Gasteiger partial charge in [0.05, 0.1) is 26.6 Å². The van der Waals surface area contributed by atoms with E-state index >= 15 is 0 Å². The molecule has 1 aliphatic rings. The second kappa shape index (κ2) is 6.81. The average Bonchev–Trinajstić information content (AvgIpc) is 3.38. The highest BCUT2D eigenvalue weighted by atomic mass is 32.1. The quantitative estimate of drug-likeness (QED) is 0.684. The standard InChI is InChI=1S/C19H19N3O2S2/c1-21(2)19(24)17-8-7-16(26-17)14-4-3-9-22(14)18(23)12-5-6-15-13(10-12)20-11-25-15/h5-8,10-11,14H,3-4,9H2,1-2H3/t14-/m1/s1. The van der Waals surface area contributed by atoms with Gasteiger partial charge in [-0.15, -0.1) is 22.7 Å².